The summed E-state index contributed by atoms with van der Waals surface area (Å²) in [6.07, 6.45) is 4.88. The maximum Gasteiger partial charge on any atom is 0.220 e. The number of aryl methyl sites for hydroxylation is 1. The van der Waals surface area contributed by atoms with E-state index in [1.54, 1.807) is 13.1 Å². The fourth-order valence-corrected chi connectivity index (χ4v) is 3.37. The van der Waals surface area contributed by atoms with Crippen LogP contribution in [0.15, 0.2) is 17.6 Å². The van der Waals surface area contributed by atoms with E-state index in [1.807, 2.05) is 23.3 Å². The van der Waals surface area contributed by atoms with E-state index in [2.05, 4.69) is 20.3 Å². The number of amides is 1. The lowest BCUT2D eigenvalue weighted by Crippen LogP contribution is -2.37. The van der Waals surface area contributed by atoms with Gasteiger partial charge in [0.05, 0.1) is 11.7 Å². The zero-order chi connectivity index (χ0) is 15.5. The lowest BCUT2D eigenvalue weighted by molar-refractivity contribution is -0.132. The molecular weight excluding hydrogens is 298 g/mol. The van der Waals surface area contributed by atoms with Crippen molar-refractivity contribution in [3.05, 3.63) is 29.2 Å². The number of piperidine rings is 1. The summed E-state index contributed by atoms with van der Waals surface area (Å²) < 4.78 is 0. The Balaban J connectivity index is 1.89. The molecule has 3 heterocycles. The van der Waals surface area contributed by atoms with Crippen molar-refractivity contribution in [1.82, 2.24) is 19.9 Å². The fourth-order valence-electron chi connectivity index (χ4n) is 2.84. The Morgan fingerprint density at radius 3 is 3.00 bits per heavy atom. The Morgan fingerprint density at radius 1 is 1.41 bits per heavy atom. The normalized spacial score (nSPS) is 18.3. The molecule has 0 aromatic carbocycles. The Labute approximate surface area is 133 Å². The maximum absolute atomic E-state index is 11.9. The predicted molar refractivity (Wildman–Crippen MR) is 86.1 cm³/mol. The third-order valence-corrected chi connectivity index (χ3v) is 4.46. The Hall–Kier alpha value is -2.02. The summed E-state index contributed by atoms with van der Waals surface area (Å²) in [5, 5.41) is 5.92. The van der Waals surface area contributed by atoms with Crippen LogP contribution in [0.25, 0.3) is 0 Å². The Morgan fingerprint density at radius 2 is 2.27 bits per heavy atom. The highest BCUT2D eigenvalue weighted by Gasteiger charge is 2.27. The number of likely N-dealkylation sites (tertiary alicyclic amines) is 1. The minimum absolute atomic E-state index is 0.0461. The molecule has 0 aliphatic carbocycles. The molecule has 6 nitrogen and oxygen atoms in total. The molecule has 1 fully saturated rings. The van der Waals surface area contributed by atoms with Crippen molar-refractivity contribution in [2.24, 2.45) is 0 Å². The smallest absolute Gasteiger partial charge is 0.220 e. The van der Waals surface area contributed by atoms with Gasteiger partial charge in [0.25, 0.3) is 0 Å². The van der Waals surface area contributed by atoms with Gasteiger partial charge in [0.1, 0.15) is 11.6 Å². The molecule has 2 aromatic rings. The number of aromatic nitrogens is 3. The summed E-state index contributed by atoms with van der Waals surface area (Å²) in [4.78, 5) is 27.0. The van der Waals surface area contributed by atoms with Crippen LogP contribution in [0.2, 0.25) is 0 Å². The van der Waals surface area contributed by atoms with Crippen molar-refractivity contribution in [3.63, 3.8) is 0 Å². The predicted octanol–water partition coefficient (Wildman–Crippen LogP) is 3.06. The highest BCUT2D eigenvalue weighted by Crippen LogP contribution is 2.31. The van der Waals surface area contributed by atoms with Crippen LogP contribution in [0.3, 0.4) is 0 Å². The first-order chi connectivity index (χ1) is 10.6. The van der Waals surface area contributed by atoms with Crippen LogP contribution in [0, 0.1) is 6.92 Å². The standard InChI is InChI=1S/C15H19N5OS/c1-10-17-12(13-5-3-4-7-20(13)11(2)21)9-14(18-10)19-15-16-6-8-22-15/h6,8-9,13H,3-5,7H2,1-2H3,(H,16,17,18,19). The van der Waals surface area contributed by atoms with Gasteiger partial charge in [0.2, 0.25) is 5.91 Å². The topological polar surface area (TPSA) is 71.0 Å². The molecule has 1 atom stereocenters. The summed E-state index contributed by atoms with van der Waals surface area (Å²) in [7, 11) is 0. The van der Waals surface area contributed by atoms with Crippen molar-refractivity contribution >= 4 is 28.2 Å². The van der Waals surface area contributed by atoms with E-state index in [1.165, 1.54) is 11.3 Å². The number of nitrogens with zero attached hydrogens (tertiary/aromatic N) is 4. The van der Waals surface area contributed by atoms with Gasteiger partial charge in [-0.25, -0.2) is 15.0 Å². The van der Waals surface area contributed by atoms with Crippen molar-refractivity contribution in [2.45, 2.75) is 39.2 Å². The Kier molecular flexibility index (Phi) is 4.33. The molecular formula is C15H19N5OS. The number of rotatable bonds is 3. The number of carbonyl (C=O) groups is 1. The number of hydrogen-bond acceptors (Lipinski definition) is 6. The molecule has 1 unspecified atom stereocenters. The van der Waals surface area contributed by atoms with Crippen molar-refractivity contribution in [3.8, 4) is 0 Å². The summed E-state index contributed by atoms with van der Waals surface area (Å²) in [5.41, 5.74) is 0.904. The van der Waals surface area contributed by atoms with Gasteiger partial charge in [0.15, 0.2) is 5.13 Å². The molecule has 1 aliphatic rings. The third kappa shape index (κ3) is 3.24. The average molecular weight is 317 g/mol. The first kappa shape index (κ1) is 14.9. The highest BCUT2D eigenvalue weighted by atomic mass is 32.1. The molecule has 1 N–H and O–H groups in total. The van der Waals surface area contributed by atoms with Crippen LogP contribution >= 0.6 is 11.3 Å². The van der Waals surface area contributed by atoms with Crippen LogP contribution in [0.5, 0.6) is 0 Å². The summed E-state index contributed by atoms with van der Waals surface area (Å²) in [6.45, 7) is 4.30. The second-order valence-corrected chi connectivity index (χ2v) is 6.31. The van der Waals surface area contributed by atoms with E-state index in [9.17, 15) is 4.79 Å². The van der Waals surface area contributed by atoms with Gasteiger partial charge in [0, 0.05) is 31.1 Å². The van der Waals surface area contributed by atoms with Crippen LogP contribution < -0.4 is 5.32 Å². The molecule has 116 valence electrons. The first-order valence-electron chi connectivity index (χ1n) is 7.43. The zero-order valence-corrected chi connectivity index (χ0v) is 13.6. The second kappa shape index (κ2) is 6.39. The molecule has 1 amide bonds. The van der Waals surface area contributed by atoms with E-state index in [0.29, 0.717) is 5.82 Å². The molecule has 0 spiro atoms. The van der Waals surface area contributed by atoms with Crippen LogP contribution in [-0.2, 0) is 4.79 Å². The molecule has 2 aromatic heterocycles. The molecule has 7 heteroatoms. The van der Waals surface area contributed by atoms with Gasteiger partial charge in [-0.15, -0.1) is 11.3 Å². The zero-order valence-electron chi connectivity index (χ0n) is 12.7. The van der Waals surface area contributed by atoms with Crippen LogP contribution in [-0.4, -0.2) is 32.3 Å². The highest BCUT2D eigenvalue weighted by molar-refractivity contribution is 7.13. The molecule has 0 radical (unpaired) electrons. The van der Waals surface area contributed by atoms with E-state index >= 15 is 0 Å². The van der Waals surface area contributed by atoms with Gasteiger partial charge in [-0.2, -0.15) is 0 Å². The van der Waals surface area contributed by atoms with Crippen molar-refractivity contribution < 1.29 is 4.79 Å². The van der Waals surface area contributed by atoms with E-state index in [0.717, 1.165) is 42.5 Å². The Bertz CT molecular complexity index is 658. The minimum atomic E-state index is 0.0461. The largest absolute Gasteiger partial charge is 0.334 e. The minimum Gasteiger partial charge on any atom is -0.334 e. The second-order valence-electron chi connectivity index (χ2n) is 5.41. The van der Waals surface area contributed by atoms with Gasteiger partial charge < -0.3 is 10.2 Å². The summed E-state index contributed by atoms with van der Waals surface area (Å²) in [5.74, 6) is 1.53. The van der Waals surface area contributed by atoms with Gasteiger partial charge in [-0.05, 0) is 26.2 Å². The molecule has 1 aliphatic heterocycles. The first-order valence-corrected chi connectivity index (χ1v) is 8.31. The molecule has 3 rings (SSSR count). The fraction of sp³-hybridized carbons (Fsp3) is 0.467. The number of hydrogen-bond donors (Lipinski definition) is 1. The van der Waals surface area contributed by atoms with Gasteiger partial charge in [-0.3, -0.25) is 4.79 Å². The van der Waals surface area contributed by atoms with Gasteiger partial charge in [-0.1, -0.05) is 0 Å². The number of nitrogens with one attached hydrogen (secondary N) is 1. The van der Waals surface area contributed by atoms with E-state index < -0.39 is 0 Å². The van der Waals surface area contributed by atoms with Gasteiger partial charge >= 0.3 is 0 Å². The average Bonchev–Trinajstić information content (AvgIpc) is 2.99. The number of carbonyl (C=O) groups excluding carboxylic acids is 1. The van der Waals surface area contributed by atoms with E-state index in [4.69, 9.17) is 0 Å². The quantitative estimate of drug-likeness (QED) is 0.942. The summed E-state index contributed by atoms with van der Waals surface area (Å²) >= 11 is 1.52. The molecule has 0 saturated carbocycles. The lowest BCUT2D eigenvalue weighted by Gasteiger charge is -2.34. The van der Waals surface area contributed by atoms with Crippen molar-refractivity contribution in [2.75, 3.05) is 11.9 Å². The number of anilines is 2. The molecule has 0 bridgehead atoms. The molecule has 22 heavy (non-hydrogen) atoms. The SMILES string of the molecule is CC(=O)N1CCCCC1c1cc(Nc2nccs2)nc(C)n1. The third-order valence-electron chi connectivity index (χ3n) is 3.77. The monoisotopic (exact) mass is 317 g/mol. The summed E-state index contributed by atoms with van der Waals surface area (Å²) in [6, 6.07) is 1.98. The molecule has 1 saturated heterocycles. The van der Waals surface area contributed by atoms with Crippen LogP contribution in [0.1, 0.15) is 43.7 Å². The van der Waals surface area contributed by atoms with Crippen LogP contribution in [0.4, 0.5) is 10.9 Å². The maximum atomic E-state index is 11.9. The number of thiazole rings is 1. The van der Waals surface area contributed by atoms with E-state index in [-0.39, 0.29) is 11.9 Å². The van der Waals surface area contributed by atoms with Crippen molar-refractivity contribution in [1.29, 1.82) is 0 Å². The lowest BCUT2D eigenvalue weighted by atomic mass is 9.99.